The van der Waals surface area contributed by atoms with Gasteiger partial charge in [-0.15, -0.1) is 0 Å². The molecule has 2 heteroatoms. The maximum Gasteiger partial charge on any atom is 0.113 e. The van der Waals surface area contributed by atoms with Crippen LogP contribution < -0.4 is 11.2 Å². The van der Waals surface area contributed by atoms with E-state index < -0.39 is 0 Å². The highest BCUT2D eigenvalue weighted by Crippen LogP contribution is 2.19. The molecule has 2 radical (unpaired) electrons. The summed E-state index contributed by atoms with van der Waals surface area (Å²) in [7, 11) is 5.65. The largest absolute Gasteiger partial charge is 0.322 e. The van der Waals surface area contributed by atoms with E-state index >= 15 is 0 Å². The van der Waals surface area contributed by atoms with E-state index in [4.69, 9.17) is 13.6 Å². The zero-order valence-corrected chi connectivity index (χ0v) is 7.67. The van der Waals surface area contributed by atoms with Gasteiger partial charge in [0.1, 0.15) is 7.85 Å². The molecule has 0 aliphatic heterocycles. The quantitative estimate of drug-likeness (QED) is 0.641. The van der Waals surface area contributed by atoms with Gasteiger partial charge in [0.05, 0.1) is 0 Å². The first-order chi connectivity index (χ1) is 5.56. The molecule has 1 atom stereocenters. The summed E-state index contributed by atoms with van der Waals surface area (Å²) >= 11 is 0. The van der Waals surface area contributed by atoms with Crippen molar-refractivity contribution in [3.8, 4) is 0 Å². The monoisotopic (exact) mass is 159 g/mol. The lowest BCUT2D eigenvalue weighted by atomic mass is 9.85. The molecule has 1 unspecified atom stereocenters. The second kappa shape index (κ2) is 3.32. The van der Waals surface area contributed by atoms with Crippen LogP contribution in [0, 0.1) is 0 Å². The van der Waals surface area contributed by atoms with E-state index in [9.17, 15) is 0 Å². The molecule has 0 saturated carbocycles. The van der Waals surface area contributed by atoms with E-state index in [2.05, 4.69) is 6.92 Å². The zero-order chi connectivity index (χ0) is 9.19. The van der Waals surface area contributed by atoms with E-state index in [1.54, 1.807) is 0 Å². The van der Waals surface area contributed by atoms with E-state index in [1.807, 2.05) is 31.2 Å². The molecule has 0 saturated heterocycles. The minimum Gasteiger partial charge on any atom is -0.322 e. The van der Waals surface area contributed by atoms with Gasteiger partial charge in [0.25, 0.3) is 0 Å². The van der Waals surface area contributed by atoms with Gasteiger partial charge in [0.2, 0.25) is 0 Å². The van der Waals surface area contributed by atoms with Crippen LogP contribution in [-0.4, -0.2) is 7.85 Å². The fraction of sp³-hybridized carbons (Fsp3) is 0.400. The van der Waals surface area contributed by atoms with E-state index in [-0.39, 0.29) is 5.54 Å². The Kier molecular flexibility index (Phi) is 2.58. The van der Waals surface area contributed by atoms with Gasteiger partial charge in [0, 0.05) is 5.54 Å². The Hall–Kier alpha value is -0.755. The van der Waals surface area contributed by atoms with Crippen LogP contribution in [0.3, 0.4) is 0 Å². The predicted octanol–water partition coefficient (Wildman–Crippen LogP) is 1.06. The number of nitrogens with two attached hydrogens (primary N) is 1. The van der Waals surface area contributed by atoms with Crippen LogP contribution in [0.1, 0.15) is 25.8 Å². The molecule has 1 nitrogen and oxygen atoms in total. The molecule has 0 bridgehead atoms. The Morgan fingerprint density at radius 1 is 1.50 bits per heavy atom. The standard InChI is InChI=1S/C10H14BN/c1-3-10(2,12)8-5-4-6-9(11)7-8/h4-7H,3,12H2,1-2H3. The third kappa shape index (κ3) is 1.89. The molecule has 1 rings (SSSR count). The van der Waals surface area contributed by atoms with Gasteiger partial charge in [-0.2, -0.15) is 0 Å². The maximum absolute atomic E-state index is 6.05. The second-order valence-corrected chi connectivity index (χ2v) is 3.40. The highest BCUT2D eigenvalue weighted by Gasteiger charge is 2.17. The number of rotatable bonds is 2. The molecule has 0 aliphatic carbocycles. The Balaban J connectivity index is 3.03. The van der Waals surface area contributed by atoms with Crippen LogP contribution in [0.4, 0.5) is 0 Å². The first-order valence-electron chi connectivity index (χ1n) is 4.21. The molecule has 0 aromatic heterocycles. The Morgan fingerprint density at radius 2 is 2.17 bits per heavy atom. The summed E-state index contributed by atoms with van der Waals surface area (Å²) in [6, 6.07) is 7.75. The average Bonchev–Trinajstić information content (AvgIpc) is 2.05. The second-order valence-electron chi connectivity index (χ2n) is 3.40. The summed E-state index contributed by atoms with van der Waals surface area (Å²) in [6.45, 7) is 4.09. The third-order valence-electron chi connectivity index (χ3n) is 2.28. The predicted molar refractivity (Wildman–Crippen MR) is 53.7 cm³/mol. The van der Waals surface area contributed by atoms with Crippen LogP contribution in [0.2, 0.25) is 0 Å². The van der Waals surface area contributed by atoms with Gasteiger partial charge in [-0.3, -0.25) is 0 Å². The normalized spacial score (nSPS) is 15.6. The molecular weight excluding hydrogens is 145 g/mol. The van der Waals surface area contributed by atoms with Crippen LogP contribution in [0.5, 0.6) is 0 Å². The summed E-state index contributed by atoms with van der Waals surface area (Å²) in [5, 5.41) is 0. The summed E-state index contributed by atoms with van der Waals surface area (Å²) < 4.78 is 0. The average molecular weight is 159 g/mol. The number of hydrogen-bond acceptors (Lipinski definition) is 1. The molecule has 0 amide bonds. The Labute approximate surface area is 75.4 Å². The fourth-order valence-electron chi connectivity index (χ4n) is 1.10. The van der Waals surface area contributed by atoms with E-state index in [0.717, 1.165) is 17.4 Å². The van der Waals surface area contributed by atoms with Gasteiger partial charge < -0.3 is 5.73 Å². The van der Waals surface area contributed by atoms with Crippen molar-refractivity contribution < 1.29 is 0 Å². The van der Waals surface area contributed by atoms with Crippen LogP contribution in [0.25, 0.3) is 0 Å². The Bertz CT molecular complexity index is 268. The zero-order valence-electron chi connectivity index (χ0n) is 7.67. The van der Waals surface area contributed by atoms with Crippen molar-refractivity contribution in [2.24, 2.45) is 5.73 Å². The fourth-order valence-corrected chi connectivity index (χ4v) is 1.10. The van der Waals surface area contributed by atoms with Gasteiger partial charge in [-0.05, 0) is 18.9 Å². The van der Waals surface area contributed by atoms with Gasteiger partial charge >= 0.3 is 0 Å². The first-order valence-corrected chi connectivity index (χ1v) is 4.21. The third-order valence-corrected chi connectivity index (χ3v) is 2.28. The van der Waals surface area contributed by atoms with Crippen molar-refractivity contribution in [1.29, 1.82) is 0 Å². The highest BCUT2D eigenvalue weighted by atomic mass is 14.7. The lowest BCUT2D eigenvalue weighted by Crippen LogP contribution is -2.32. The van der Waals surface area contributed by atoms with E-state index in [0.29, 0.717) is 0 Å². The molecular formula is C10H14BN. The molecule has 62 valence electrons. The lowest BCUT2D eigenvalue weighted by molar-refractivity contribution is 0.477. The van der Waals surface area contributed by atoms with Crippen molar-refractivity contribution in [2.45, 2.75) is 25.8 Å². The van der Waals surface area contributed by atoms with Gasteiger partial charge in [-0.1, -0.05) is 36.7 Å². The highest BCUT2D eigenvalue weighted by molar-refractivity contribution is 6.32. The summed E-state index contributed by atoms with van der Waals surface area (Å²) in [4.78, 5) is 0. The smallest absolute Gasteiger partial charge is 0.113 e. The van der Waals surface area contributed by atoms with Crippen molar-refractivity contribution >= 4 is 13.3 Å². The number of benzene rings is 1. The molecule has 12 heavy (non-hydrogen) atoms. The van der Waals surface area contributed by atoms with Crippen LogP contribution in [0.15, 0.2) is 24.3 Å². The molecule has 0 fully saturated rings. The van der Waals surface area contributed by atoms with Crippen molar-refractivity contribution in [1.82, 2.24) is 0 Å². The van der Waals surface area contributed by atoms with Crippen molar-refractivity contribution in [3.05, 3.63) is 29.8 Å². The van der Waals surface area contributed by atoms with Gasteiger partial charge in [-0.25, -0.2) is 0 Å². The molecule has 1 aromatic rings. The van der Waals surface area contributed by atoms with E-state index in [1.165, 1.54) is 0 Å². The van der Waals surface area contributed by atoms with Gasteiger partial charge in [0.15, 0.2) is 0 Å². The number of hydrogen-bond donors (Lipinski definition) is 1. The molecule has 1 aromatic carbocycles. The molecule has 0 spiro atoms. The SMILES string of the molecule is [B]c1cccc(C(C)(N)CC)c1. The molecule has 2 N–H and O–H groups in total. The van der Waals surface area contributed by atoms with Crippen LogP contribution >= 0.6 is 0 Å². The Morgan fingerprint density at radius 3 is 2.67 bits per heavy atom. The molecule has 0 heterocycles. The minimum absolute atomic E-state index is 0.255. The van der Waals surface area contributed by atoms with Crippen molar-refractivity contribution in [2.75, 3.05) is 0 Å². The summed E-state index contributed by atoms with van der Waals surface area (Å²) in [6.07, 6.45) is 0.913. The van der Waals surface area contributed by atoms with Crippen molar-refractivity contribution in [3.63, 3.8) is 0 Å². The topological polar surface area (TPSA) is 26.0 Å². The summed E-state index contributed by atoms with van der Waals surface area (Å²) in [5.74, 6) is 0. The minimum atomic E-state index is -0.255. The lowest BCUT2D eigenvalue weighted by Gasteiger charge is -2.23. The summed E-state index contributed by atoms with van der Waals surface area (Å²) in [5.41, 5.74) is 7.67. The van der Waals surface area contributed by atoms with Crippen LogP contribution in [-0.2, 0) is 5.54 Å². The molecule has 0 aliphatic rings. The first kappa shape index (κ1) is 9.33. The maximum atomic E-state index is 6.05.